The molecule has 1 N–H and O–H groups in total. The van der Waals surface area contributed by atoms with Crippen molar-refractivity contribution in [2.75, 3.05) is 31.1 Å². The molecule has 28 heavy (non-hydrogen) atoms. The van der Waals surface area contributed by atoms with Crippen LogP contribution in [0.1, 0.15) is 63.9 Å². The minimum atomic E-state index is 0.328. The van der Waals surface area contributed by atoms with Gasteiger partial charge >= 0.3 is 0 Å². The lowest BCUT2D eigenvalue weighted by atomic mass is 9.98. The van der Waals surface area contributed by atoms with Crippen molar-refractivity contribution in [3.05, 3.63) is 29.8 Å². The van der Waals surface area contributed by atoms with Gasteiger partial charge in [-0.2, -0.15) is 0 Å². The lowest BCUT2D eigenvalue weighted by molar-refractivity contribution is -0.127. The first-order chi connectivity index (χ1) is 13.7. The van der Waals surface area contributed by atoms with E-state index in [-0.39, 0.29) is 0 Å². The maximum atomic E-state index is 12.0. The normalized spacial score (nSPS) is 26.7. The first kappa shape index (κ1) is 19.3. The standard InChI is InChI=1S/C23H34N4O/c1-3-8-17-15-20(17)25-23(24-4-2)27-16-18(19-9-5-6-10-21(19)27)12-14-26-13-7-11-22(26)28/h5-6,9-10,17-18,20H,3-4,7-8,11-16H2,1-2H3,(H,24,25). The molecule has 1 saturated carbocycles. The van der Waals surface area contributed by atoms with Gasteiger partial charge in [-0.15, -0.1) is 0 Å². The molecular formula is C23H34N4O. The molecule has 3 aliphatic rings. The van der Waals surface area contributed by atoms with Gasteiger partial charge in [0.25, 0.3) is 0 Å². The molecule has 0 spiro atoms. The predicted molar refractivity (Wildman–Crippen MR) is 115 cm³/mol. The van der Waals surface area contributed by atoms with E-state index in [1.165, 1.54) is 30.5 Å². The van der Waals surface area contributed by atoms with Crippen molar-refractivity contribution in [2.45, 2.75) is 64.3 Å². The van der Waals surface area contributed by atoms with Crippen LogP contribution < -0.4 is 10.2 Å². The van der Waals surface area contributed by atoms with Gasteiger partial charge in [0, 0.05) is 50.2 Å². The molecule has 1 amide bonds. The number of amides is 1. The van der Waals surface area contributed by atoms with Crippen LogP contribution in [0.4, 0.5) is 5.69 Å². The number of para-hydroxylation sites is 1. The number of guanidine groups is 1. The topological polar surface area (TPSA) is 47.9 Å². The Balaban J connectivity index is 1.46. The molecule has 1 aromatic carbocycles. The van der Waals surface area contributed by atoms with Gasteiger partial charge in [-0.1, -0.05) is 31.5 Å². The Morgan fingerprint density at radius 1 is 1.25 bits per heavy atom. The van der Waals surface area contributed by atoms with Crippen molar-refractivity contribution in [1.82, 2.24) is 10.2 Å². The van der Waals surface area contributed by atoms with E-state index in [1.54, 1.807) is 0 Å². The summed E-state index contributed by atoms with van der Waals surface area (Å²) < 4.78 is 0. The fourth-order valence-electron chi connectivity index (χ4n) is 4.83. The smallest absolute Gasteiger partial charge is 0.222 e. The highest BCUT2D eigenvalue weighted by Crippen LogP contribution is 2.40. The van der Waals surface area contributed by atoms with E-state index in [1.807, 2.05) is 4.90 Å². The maximum Gasteiger partial charge on any atom is 0.222 e. The summed E-state index contributed by atoms with van der Waals surface area (Å²) in [6.45, 7) is 7.93. The van der Waals surface area contributed by atoms with Crippen molar-refractivity contribution in [1.29, 1.82) is 0 Å². The second-order valence-corrected chi connectivity index (χ2v) is 8.47. The van der Waals surface area contributed by atoms with E-state index in [2.05, 4.69) is 48.3 Å². The lowest BCUT2D eigenvalue weighted by Gasteiger charge is -2.24. The molecule has 5 nitrogen and oxygen atoms in total. The van der Waals surface area contributed by atoms with Crippen LogP contribution in [0, 0.1) is 5.92 Å². The molecule has 0 radical (unpaired) electrons. The molecule has 1 aromatic rings. The largest absolute Gasteiger partial charge is 0.353 e. The molecule has 4 rings (SSSR count). The second-order valence-electron chi connectivity index (χ2n) is 8.47. The molecule has 1 saturated heterocycles. The van der Waals surface area contributed by atoms with Crippen LogP contribution in [0.25, 0.3) is 0 Å². The average Bonchev–Trinajstić information content (AvgIpc) is 3.12. The summed E-state index contributed by atoms with van der Waals surface area (Å²) in [7, 11) is 0. The van der Waals surface area contributed by atoms with E-state index in [9.17, 15) is 4.79 Å². The Bertz CT molecular complexity index is 731. The highest BCUT2D eigenvalue weighted by molar-refractivity contribution is 5.98. The number of nitrogens with one attached hydrogen (secondary N) is 1. The van der Waals surface area contributed by atoms with Gasteiger partial charge in [-0.25, -0.2) is 0 Å². The first-order valence-corrected chi connectivity index (χ1v) is 11.2. The summed E-state index contributed by atoms with van der Waals surface area (Å²) in [6.07, 6.45) is 6.61. The minimum absolute atomic E-state index is 0.328. The molecule has 5 heteroatoms. The van der Waals surface area contributed by atoms with Gasteiger partial charge < -0.3 is 15.1 Å². The fraction of sp³-hybridized carbons (Fsp3) is 0.652. The summed E-state index contributed by atoms with van der Waals surface area (Å²) in [5, 5.41) is 3.75. The number of anilines is 1. The van der Waals surface area contributed by atoms with Crippen molar-refractivity contribution >= 4 is 17.6 Å². The monoisotopic (exact) mass is 382 g/mol. The number of likely N-dealkylation sites (tertiary alicyclic amines) is 1. The van der Waals surface area contributed by atoms with E-state index >= 15 is 0 Å². The van der Waals surface area contributed by atoms with Crippen molar-refractivity contribution in [3.8, 4) is 0 Å². The molecule has 0 bridgehead atoms. The van der Waals surface area contributed by atoms with Crippen LogP contribution in [-0.2, 0) is 4.79 Å². The van der Waals surface area contributed by atoms with E-state index in [0.717, 1.165) is 57.3 Å². The number of nitrogens with zero attached hydrogens (tertiary/aromatic N) is 3. The Kier molecular flexibility index (Phi) is 5.88. The van der Waals surface area contributed by atoms with Gasteiger partial charge in [-0.05, 0) is 50.2 Å². The van der Waals surface area contributed by atoms with Crippen LogP contribution in [0.15, 0.2) is 29.3 Å². The number of hydrogen-bond acceptors (Lipinski definition) is 2. The van der Waals surface area contributed by atoms with E-state index < -0.39 is 0 Å². The van der Waals surface area contributed by atoms with Gasteiger partial charge in [0.15, 0.2) is 5.96 Å². The summed E-state index contributed by atoms with van der Waals surface area (Å²) in [4.78, 5) is 21.2. The average molecular weight is 383 g/mol. The van der Waals surface area contributed by atoms with Crippen molar-refractivity contribution < 1.29 is 4.79 Å². The Hall–Kier alpha value is -2.04. The fourth-order valence-corrected chi connectivity index (χ4v) is 4.83. The summed E-state index contributed by atoms with van der Waals surface area (Å²) in [6, 6.07) is 9.32. The number of aliphatic imine (C=N–C) groups is 1. The van der Waals surface area contributed by atoms with Crippen molar-refractivity contribution in [2.24, 2.45) is 10.9 Å². The van der Waals surface area contributed by atoms with E-state index in [4.69, 9.17) is 4.99 Å². The van der Waals surface area contributed by atoms with Crippen LogP contribution in [0.3, 0.4) is 0 Å². The molecule has 2 aliphatic heterocycles. The predicted octanol–water partition coefficient (Wildman–Crippen LogP) is 3.76. The molecule has 2 fully saturated rings. The summed E-state index contributed by atoms with van der Waals surface area (Å²) in [5.74, 6) is 2.63. The molecule has 1 aliphatic carbocycles. The SMILES string of the molecule is CCCC1CC1NC(=NCC)N1CC(CCN2CCCC2=O)c2ccccc21. The number of carbonyl (C=O) groups excluding carboxylic acids is 1. The van der Waals surface area contributed by atoms with Crippen LogP contribution in [0.5, 0.6) is 0 Å². The zero-order chi connectivity index (χ0) is 19.5. The van der Waals surface area contributed by atoms with Crippen LogP contribution >= 0.6 is 0 Å². The van der Waals surface area contributed by atoms with Gasteiger partial charge in [0.1, 0.15) is 0 Å². The zero-order valence-electron chi connectivity index (χ0n) is 17.4. The first-order valence-electron chi connectivity index (χ1n) is 11.2. The third kappa shape index (κ3) is 4.03. The number of carbonyl (C=O) groups is 1. The quantitative estimate of drug-likeness (QED) is 0.577. The Morgan fingerprint density at radius 2 is 2.11 bits per heavy atom. The van der Waals surface area contributed by atoms with Gasteiger partial charge in [-0.3, -0.25) is 9.79 Å². The van der Waals surface area contributed by atoms with Crippen LogP contribution in [-0.4, -0.2) is 49.0 Å². The van der Waals surface area contributed by atoms with Crippen molar-refractivity contribution in [3.63, 3.8) is 0 Å². The Labute approximate surface area is 169 Å². The minimum Gasteiger partial charge on any atom is -0.353 e. The molecule has 2 heterocycles. The zero-order valence-corrected chi connectivity index (χ0v) is 17.4. The number of rotatable bonds is 7. The Morgan fingerprint density at radius 3 is 2.86 bits per heavy atom. The molecule has 152 valence electrons. The number of fused-ring (bicyclic) bond motifs is 1. The number of hydrogen-bond donors (Lipinski definition) is 1. The number of benzene rings is 1. The molecular weight excluding hydrogens is 348 g/mol. The van der Waals surface area contributed by atoms with Gasteiger partial charge in [0.2, 0.25) is 5.91 Å². The van der Waals surface area contributed by atoms with Crippen LogP contribution in [0.2, 0.25) is 0 Å². The molecule has 3 atom stereocenters. The highest BCUT2D eigenvalue weighted by atomic mass is 16.2. The third-order valence-electron chi connectivity index (χ3n) is 6.45. The summed E-state index contributed by atoms with van der Waals surface area (Å²) >= 11 is 0. The van der Waals surface area contributed by atoms with Gasteiger partial charge in [0.05, 0.1) is 0 Å². The molecule has 3 unspecified atom stereocenters. The second kappa shape index (κ2) is 8.54. The highest BCUT2D eigenvalue weighted by Gasteiger charge is 2.39. The maximum absolute atomic E-state index is 12.0. The molecule has 0 aromatic heterocycles. The lowest BCUT2D eigenvalue weighted by Crippen LogP contribution is -2.43. The third-order valence-corrected chi connectivity index (χ3v) is 6.45. The van der Waals surface area contributed by atoms with E-state index in [0.29, 0.717) is 17.9 Å². The summed E-state index contributed by atoms with van der Waals surface area (Å²) in [5.41, 5.74) is 2.69.